The van der Waals surface area contributed by atoms with E-state index in [1.807, 2.05) is 30.3 Å². The second-order valence-electron chi connectivity index (χ2n) is 4.55. The number of nitrogens with two attached hydrogens (primary N) is 1. The summed E-state index contributed by atoms with van der Waals surface area (Å²) in [6, 6.07) is 9.73. The van der Waals surface area contributed by atoms with E-state index in [0.29, 0.717) is 12.6 Å². The minimum atomic E-state index is -1.26. The Morgan fingerprint density at radius 3 is 2.46 bits per heavy atom. The van der Waals surface area contributed by atoms with Gasteiger partial charge in [-0.25, -0.2) is 9.59 Å². The summed E-state index contributed by atoms with van der Waals surface area (Å²) < 4.78 is 4.78. The van der Waals surface area contributed by atoms with Crippen LogP contribution in [0.3, 0.4) is 0 Å². The van der Waals surface area contributed by atoms with E-state index in [0.717, 1.165) is 16.8 Å². The van der Waals surface area contributed by atoms with Crippen molar-refractivity contribution in [3.63, 3.8) is 0 Å². The topological polar surface area (TPSA) is 127 Å². The lowest BCUT2D eigenvalue weighted by Crippen LogP contribution is -2.02. The Bertz CT molecular complexity index is 720. The highest BCUT2D eigenvalue weighted by Crippen LogP contribution is 2.20. The number of nitrogens with zero attached hydrogens (tertiary/aromatic N) is 1. The standard InChI is InChI=1S/C10H10N2O.C7H8O4/c11-7-8-3-1-2-4-9(8)10-5-6-13-12-10;1-2-3-5(7(10)11)4-6(8)9/h1-6H,7,11H2;2,4H,1,3H2,(H,8,9)(H,10,11)/b;5-4+. The third-order valence-corrected chi connectivity index (χ3v) is 2.89. The third kappa shape index (κ3) is 5.90. The van der Waals surface area contributed by atoms with Crippen molar-refractivity contribution in [1.82, 2.24) is 5.16 Å². The molecule has 1 aromatic heterocycles. The van der Waals surface area contributed by atoms with Crippen molar-refractivity contribution in [1.29, 1.82) is 0 Å². The maximum atomic E-state index is 10.2. The van der Waals surface area contributed by atoms with Gasteiger partial charge in [0.2, 0.25) is 0 Å². The Labute approximate surface area is 138 Å². The highest BCUT2D eigenvalue weighted by Gasteiger charge is 2.06. The first-order chi connectivity index (χ1) is 11.5. The molecule has 0 bridgehead atoms. The van der Waals surface area contributed by atoms with E-state index in [9.17, 15) is 9.59 Å². The molecule has 24 heavy (non-hydrogen) atoms. The van der Waals surface area contributed by atoms with E-state index < -0.39 is 11.9 Å². The fraction of sp³-hybridized carbons (Fsp3) is 0.118. The number of carbonyl (C=O) groups is 2. The van der Waals surface area contributed by atoms with Crippen molar-refractivity contribution in [2.75, 3.05) is 0 Å². The lowest BCUT2D eigenvalue weighted by atomic mass is 10.1. The normalized spacial score (nSPS) is 10.5. The molecule has 2 aromatic rings. The molecule has 0 unspecified atom stereocenters. The van der Waals surface area contributed by atoms with Crippen LogP contribution in [0.25, 0.3) is 11.3 Å². The zero-order valence-corrected chi connectivity index (χ0v) is 12.9. The highest BCUT2D eigenvalue weighted by atomic mass is 16.5. The second-order valence-corrected chi connectivity index (χ2v) is 4.55. The number of rotatable bonds is 6. The Balaban J connectivity index is 0.000000245. The summed E-state index contributed by atoms with van der Waals surface area (Å²) in [4.78, 5) is 20.3. The molecule has 2 rings (SSSR count). The van der Waals surface area contributed by atoms with Crippen LogP contribution >= 0.6 is 0 Å². The summed E-state index contributed by atoms with van der Waals surface area (Å²) >= 11 is 0. The number of aromatic nitrogens is 1. The van der Waals surface area contributed by atoms with Crippen molar-refractivity contribution < 1.29 is 24.3 Å². The molecule has 1 aromatic carbocycles. The SMILES string of the molecule is C=CC/C(=C\C(=O)O)C(=O)O.NCc1ccccc1-c1ccon1. The minimum absolute atomic E-state index is 0.0572. The molecule has 0 aliphatic rings. The largest absolute Gasteiger partial charge is 0.478 e. The van der Waals surface area contributed by atoms with Gasteiger partial charge in [0.05, 0.1) is 0 Å². The molecule has 0 radical (unpaired) electrons. The smallest absolute Gasteiger partial charge is 0.332 e. The molecule has 0 spiro atoms. The summed E-state index contributed by atoms with van der Waals surface area (Å²) in [5, 5.41) is 20.4. The van der Waals surface area contributed by atoms with E-state index >= 15 is 0 Å². The van der Waals surface area contributed by atoms with Gasteiger partial charge < -0.3 is 20.5 Å². The summed E-state index contributed by atoms with van der Waals surface area (Å²) in [7, 11) is 0. The maximum Gasteiger partial charge on any atom is 0.332 e. The molecule has 0 aliphatic heterocycles. The van der Waals surface area contributed by atoms with Gasteiger partial charge in [0, 0.05) is 29.8 Å². The molecule has 4 N–H and O–H groups in total. The van der Waals surface area contributed by atoms with Gasteiger partial charge in [-0.2, -0.15) is 0 Å². The van der Waals surface area contributed by atoms with Crippen LogP contribution in [0.4, 0.5) is 0 Å². The molecule has 0 fully saturated rings. The molecule has 0 saturated carbocycles. The predicted octanol–water partition coefficient (Wildman–Crippen LogP) is 2.46. The van der Waals surface area contributed by atoms with Gasteiger partial charge in [-0.15, -0.1) is 6.58 Å². The first-order valence-corrected chi connectivity index (χ1v) is 6.96. The monoisotopic (exact) mass is 330 g/mol. The van der Waals surface area contributed by atoms with Crippen LogP contribution in [0.5, 0.6) is 0 Å². The van der Waals surface area contributed by atoms with Crippen LogP contribution in [0.15, 0.2) is 65.4 Å². The van der Waals surface area contributed by atoms with Crippen molar-refractivity contribution >= 4 is 11.9 Å². The third-order valence-electron chi connectivity index (χ3n) is 2.89. The van der Waals surface area contributed by atoms with Crippen LogP contribution in [0, 0.1) is 0 Å². The van der Waals surface area contributed by atoms with Gasteiger partial charge in [-0.1, -0.05) is 35.5 Å². The number of benzene rings is 1. The summed E-state index contributed by atoms with van der Waals surface area (Å²) in [6.45, 7) is 3.81. The van der Waals surface area contributed by atoms with Crippen molar-refractivity contribution in [2.24, 2.45) is 5.73 Å². The van der Waals surface area contributed by atoms with Crippen molar-refractivity contribution in [3.05, 3.63) is 66.5 Å². The molecule has 7 heteroatoms. The summed E-state index contributed by atoms with van der Waals surface area (Å²) in [6.07, 6.45) is 3.61. The fourth-order valence-corrected chi connectivity index (χ4v) is 1.81. The summed E-state index contributed by atoms with van der Waals surface area (Å²) in [5.41, 5.74) is 8.38. The van der Waals surface area contributed by atoms with Gasteiger partial charge in [-0.3, -0.25) is 0 Å². The molecule has 1 heterocycles. The van der Waals surface area contributed by atoms with Gasteiger partial charge >= 0.3 is 11.9 Å². The van der Waals surface area contributed by atoms with E-state index in [4.69, 9.17) is 20.5 Å². The van der Waals surface area contributed by atoms with E-state index in [1.54, 1.807) is 6.26 Å². The van der Waals surface area contributed by atoms with Gasteiger partial charge in [-0.05, 0) is 12.0 Å². The van der Waals surface area contributed by atoms with Crippen LogP contribution in [-0.2, 0) is 16.1 Å². The van der Waals surface area contributed by atoms with E-state index in [-0.39, 0.29) is 12.0 Å². The zero-order valence-electron chi connectivity index (χ0n) is 12.9. The molecule has 7 nitrogen and oxygen atoms in total. The van der Waals surface area contributed by atoms with Crippen molar-refractivity contribution in [2.45, 2.75) is 13.0 Å². The molecule has 0 amide bonds. The Morgan fingerprint density at radius 1 is 1.25 bits per heavy atom. The lowest BCUT2D eigenvalue weighted by Gasteiger charge is -2.02. The molecule has 0 saturated heterocycles. The van der Waals surface area contributed by atoms with E-state index in [2.05, 4.69) is 11.7 Å². The number of allylic oxidation sites excluding steroid dienone is 1. The summed E-state index contributed by atoms with van der Waals surface area (Å²) in [5.74, 6) is -2.49. The number of hydrogen-bond donors (Lipinski definition) is 3. The average molecular weight is 330 g/mol. The number of carboxylic acid groups (broad SMARTS) is 2. The fourth-order valence-electron chi connectivity index (χ4n) is 1.81. The lowest BCUT2D eigenvalue weighted by molar-refractivity contribution is -0.135. The van der Waals surface area contributed by atoms with Crippen molar-refractivity contribution in [3.8, 4) is 11.3 Å². The predicted molar refractivity (Wildman–Crippen MR) is 88.0 cm³/mol. The van der Waals surface area contributed by atoms with Crippen LogP contribution in [-0.4, -0.2) is 27.3 Å². The first-order valence-electron chi connectivity index (χ1n) is 6.96. The van der Waals surface area contributed by atoms with E-state index in [1.165, 1.54) is 6.08 Å². The maximum absolute atomic E-state index is 10.2. The highest BCUT2D eigenvalue weighted by molar-refractivity contribution is 5.94. The molecule has 0 aliphatic carbocycles. The number of aliphatic carboxylic acids is 2. The van der Waals surface area contributed by atoms with Gasteiger partial charge in [0.1, 0.15) is 12.0 Å². The molecular weight excluding hydrogens is 312 g/mol. The Kier molecular flexibility index (Phi) is 7.66. The van der Waals surface area contributed by atoms with Crippen LogP contribution in [0.1, 0.15) is 12.0 Å². The first kappa shape index (κ1) is 18.9. The quantitative estimate of drug-likeness (QED) is 0.548. The minimum Gasteiger partial charge on any atom is -0.478 e. The second kappa shape index (κ2) is 9.75. The van der Waals surface area contributed by atoms with Gasteiger partial charge in [0.15, 0.2) is 0 Å². The molecule has 126 valence electrons. The van der Waals surface area contributed by atoms with Gasteiger partial charge in [0.25, 0.3) is 0 Å². The number of carboxylic acids is 2. The molecular formula is C17H18N2O5. The Hall–Kier alpha value is -3.19. The Morgan fingerprint density at radius 2 is 1.96 bits per heavy atom. The zero-order chi connectivity index (χ0) is 17.9. The van der Waals surface area contributed by atoms with Crippen LogP contribution < -0.4 is 5.73 Å². The average Bonchev–Trinajstić information content (AvgIpc) is 3.09. The van der Waals surface area contributed by atoms with Crippen LogP contribution in [0.2, 0.25) is 0 Å². The molecule has 0 atom stereocenters. The number of hydrogen-bond acceptors (Lipinski definition) is 5.